The van der Waals surface area contributed by atoms with Crippen LogP contribution in [0.15, 0.2) is 30.3 Å². The Kier molecular flexibility index (Phi) is 7.95. The van der Waals surface area contributed by atoms with Crippen LogP contribution in [-0.2, 0) is 11.3 Å². The standard InChI is InChI=1S/C23H30N4O3S/c1-6-27(7-2)17(16-11-9-8-10-12-16)13-24-21(28)20-15(3)19-22(30-5)25-18(14-29-4)26-23(19)31-20/h8-12,17H,6-7,13-14H2,1-5H3,(H,24,28). The van der Waals surface area contributed by atoms with Gasteiger partial charge in [-0.05, 0) is 31.1 Å². The summed E-state index contributed by atoms with van der Waals surface area (Å²) >= 11 is 1.36. The summed E-state index contributed by atoms with van der Waals surface area (Å²) in [7, 11) is 3.17. The van der Waals surface area contributed by atoms with Gasteiger partial charge in [0.1, 0.15) is 11.4 Å². The van der Waals surface area contributed by atoms with Gasteiger partial charge < -0.3 is 14.8 Å². The Morgan fingerprint density at radius 2 is 1.87 bits per heavy atom. The van der Waals surface area contributed by atoms with Gasteiger partial charge in [-0.15, -0.1) is 11.3 Å². The highest BCUT2D eigenvalue weighted by Gasteiger charge is 2.23. The Bertz CT molecular complexity index is 1020. The third-order valence-corrected chi connectivity index (χ3v) is 6.55. The first-order chi connectivity index (χ1) is 15.0. The van der Waals surface area contributed by atoms with Crippen LogP contribution in [0.2, 0.25) is 0 Å². The average molecular weight is 443 g/mol. The van der Waals surface area contributed by atoms with E-state index < -0.39 is 0 Å². The van der Waals surface area contributed by atoms with Crippen molar-refractivity contribution < 1.29 is 14.3 Å². The third kappa shape index (κ3) is 5.03. The summed E-state index contributed by atoms with van der Waals surface area (Å²) < 4.78 is 10.6. The second-order valence-electron chi connectivity index (χ2n) is 7.18. The molecule has 8 heteroatoms. The largest absolute Gasteiger partial charge is 0.480 e. The molecule has 0 aliphatic rings. The molecule has 0 aliphatic heterocycles. The second kappa shape index (κ2) is 10.7. The zero-order valence-corrected chi connectivity index (χ0v) is 19.6. The molecule has 0 saturated heterocycles. The number of carbonyl (C=O) groups excluding carboxylic acids is 1. The zero-order valence-electron chi connectivity index (χ0n) is 18.8. The van der Waals surface area contributed by atoms with Crippen LogP contribution < -0.4 is 10.1 Å². The number of hydrogen-bond donors (Lipinski definition) is 1. The lowest BCUT2D eigenvalue weighted by Gasteiger charge is -2.30. The number of hydrogen-bond acceptors (Lipinski definition) is 7. The number of likely N-dealkylation sites (N-methyl/N-ethyl adjacent to an activating group) is 1. The molecule has 3 rings (SSSR count). The molecule has 0 fully saturated rings. The summed E-state index contributed by atoms with van der Waals surface area (Å²) in [6.07, 6.45) is 0. The SMILES string of the molecule is CCN(CC)C(CNC(=O)c1sc2nc(COC)nc(OC)c2c1C)c1ccccc1. The Balaban J connectivity index is 1.87. The fourth-order valence-electron chi connectivity index (χ4n) is 3.77. The normalized spacial score (nSPS) is 12.3. The number of aryl methyl sites for hydroxylation is 1. The zero-order chi connectivity index (χ0) is 22.4. The number of thiophene rings is 1. The van der Waals surface area contributed by atoms with E-state index in [-0.39, 0.29) is 18.6 Å². The third-order valence-electron chi connectivity index (χ3n) is 5.37. The summed E-state index contributed by atoms with van der Waals surface area (Å²) in [6.45, 7) is 8.81. The highest BCUT2D eigenvalue weighted by Crippen LogP contribution is 2.35. The molecule has 3 aromatic rings. The Hall–Kier alpha value is -2.55. The van der Waals surface area contributed by atoms with E-state index in [0.29, 0.717) is 23.1 Å². The predicted octanol–water partition coefficient (Wildman–Crippen LogP) is 3.97. The predicted molar refractivity (Wildman–Crippen MR) is 124 cm³/mol. The number of benzene rings is 1. The quantitative estimate of drug-likeness (QED) is 0.512. The molecule has 0 radical (unpaired) electrons. The fourth-order valence-corrected chi connectivity index (χ4v) is 4.88. The minimum Gasteiger partial charge on any atom is -0.480 e. The van der Waals surface area contributed by atoms with Crippen molar-refractivity contribution in [3.05, 3.63) is 52.2 Å². The molecule has 1 unspecified atom stereocenters. The highest BCUT2D eigenvalue weighted by atomic mass is 32.1. The lowest BCUT2D eigenvalue weighted by atomic mass is 10.0. The van der Waals surface area contributed by atoms with Crippen molar-refractivity contribution in [2.75, 3.05) is 33.9 Å². The molecule has 0 bridgehead atoms. The van der Waals surface area contributed by atoms with Gasteiger partial charge >= 0.3 is 0 Å². The van der Waals surface area contributed by atoms with Crippen LogP contribution in [0.5, 0.6) is 5.88 Å². The number of amides is 1. The number of methoxy groups -OCH3 is 2. The number of nitrogens with one attached hydrogen (secondary N) is 1. The van der Waals surface area contributed by atoms with E-state index in [1.807, 2.05) is 25.1 Å². The molecule has 1 atom stereocenters. The number of fused-ring (bicyclic) bond motifs is 1. The molecule has 7 nitrogen and oxygen atoms in total. The molecule has 0 saturated carbocycles. The molecule has 1 N–H and O–H groups in total. The van der Waals surface area contributed by atoms with E-state index in [2.05, 4.69) is 46.2 Å². The van der Waals surface area contributed by atoms with Crippen LogP contribution in [0, 0.1) is 6.92 Å². The van der Waals surface area contributed by atoms with Crippen molar-refractivity contribution in [3.8, 4) is 5.88 Å². The van der Waals surface area contributed by atoms with Gasteiger partial charge in [0, 0.05) is 13.7 Å². The topological polar surface area (TPSA) is 76.6 Å². The van der Waals surface area contributed by atoms with Crippen LogP contribution in [0.1, 0.15) is 46.5 Å². The van der Waals surface area contributed by atoms with Crippen molar-refractivity contribution in [2.24, 2.45) is 0 Å². The van der Waals surface area contributed by atoms with Gasteiger partial charge in [-0.2, -0.15) is 4.98 Å². The van der Waals surface area contributed by atoms with E-state index in [1.54, 1.807) is 14.2 Å². The van der Waals surface area contributed by atoms with Crippen LogP contribution in [-0.4, -0.2) is 54.6 Å². The summed E-state index contributed by atoms with van der Waals surface area (Å²) in [4.78, 5) is 25.8. The summed E-state index contributed by atoms with van der Waals surface area (Å²) in [5, 5.41) is 3.92. The van der Waals surface area contributed by atoms with Gasteiger partial charge in [0.05, 0.1) is 23.4 Å². The molecule has 31 heavy (non-hydrogen) atoms. The summed E-state index contributed by atoms with van der Waals surface area (Å²) in [5.74, 6) is 0.893. The summed E-state index contributed by atoms with van der Waals surface area (Å²) in [5.41, 5.74) is 2.02. The molecular formula is C23H30N4O3S. The van der Waals surface area contributed by atoms with Crippen LogP contribution >= 0.6 is 11.3 Å². The molecular weight excluding hydrogens is 412 g/mol. The van der Waals surface area contributed by atoms with Crippen LogP contribution in [0.4, 0.5) is 0 Å². The van der Waals surface area contributed by atoms with Gasteiger partial charge in [-0.3, -0.25) is 9.69 Å². The molecule has 166 valence electrons. The maximum absolute atomic E-state index is 13.1. The van der Waals surface area contributed by atoms with Crippen molar-refractivity contribution in [1.82, 2.24) is 20.2 Å². The first-order valence-electron chi connectivity index (χ1n) is 10.4. The van der Waals surface area contributed by atoms with Crippen molar-refractivity contribution in [3.63, 3.8) is 0 Å². The Labute approximate surface area is 187 Å². The monoisotopic (exact) mass is 442 g/mol. The van der Waals surface area contributed by atoms with Gasteiger partial charge in [0.15, 0.2) is 5.82 Å². The first kappa shape index (κ1) is 23.1. The van der Waals surface area contributed by atoms with E-state index in [9.17, 15) is 4.79 Å². The average Bonchev–Trinajstić information content (AvgIpc) is 3.13. The maximum Gasteiger partial charge on any atom is 0.261 e. The Morgan fingerprint density at radius 1 is 1.16 bits per heavy atom. The van der Waals surface area contributed by atoms with Crippen molar-refractivity contribution in [1.29, 1.82) is 0 Å². The molecule has 0 aliphatic carbocycles. The van der Waals surface area contributed by atoms with E-state index in [0.717, 1.165) is 28.9 Å². The maximum atomic E-state index is 13.1. The van der Waals surface area contributed by atoms with Gasteiger partial charge in [-0.25, -0.2) is 4.98 Å². The minimum absolute atomic E-state index is 0.107. The van der Waals surface area contributed by atoms with Gasteiger partial charge in [0.2, 0.25) is 5.88 Å². The lowest BCUT2D eigenvalue weighted by molar-refractivity contribution is 0.0938. The first-order valence-corrected chi connectivity index (χ1v) is 11.3. The van der Waals surface area contributed by atoms with Gasteiger partial charge in [0.25, 0.3) is 5.91 Å². The molecule has 2 aromatic heterocycles. The summed E-state index contributed by atoms with van der Waals surface area (Å²) in [6, 6.07) is 10.4. The van der Waals surface area contributed by atoms with Crippen LogP contribution in [0.3, 0.4) is 0 Å². The number of aromatic nitrogens is 2. The molecule has 2 heterocycles. The lowest BCUT2D eigenvalue weighted by Crippen LogP contribution is -2.38. The fraction of sp³-hybridized carbons (Fsp3) is 0.435. The van der Waals surface area contributed by atoms with E-state index >= 15 is 0 Å². The number of ether oxygens (including phenoxy) is 2. The van der Waals surface area contributed by atoms with Crippen molar-refractivity contribution in [2.45, 2.75) is 33.4 Å². The Morgan fingerprint density at radius 3 is 2.48 bits per heavy atom. The van der Waals surface area contributed by atoms with E-state index in [1.165, 1.54) is 16.9 Å². The molecule has 0 spiro atoms. The van der Waals surface area contributed by atoms with Crippen molar-refractivity contribution >= 4 is 27.5 Å². The minimum atomic E-state index is -0.107. The molecule has 1 amide bonds. The second-order valence-corrected chi connectivity index (χ2v) is 8.18. The van der Waals surface area contributed by atoms with E-state index in [4.69, 9.17) is 9.47 Å². The van der Waals surface area contributed by atoms with Crippen LogP contribution in [0.25, 0.3) is 10.2 Å². The number of nitrogens with zero attached hydrogens (tertiary/aromatic N) is 3. The number of carbonyl (C=O) groups is 1. The number of rotatable bonds is 10. The highest BCUT2D eigenvalue weighted by molar-refractivity contribution is 7.20. The smallest absolute Gasteiger partial charge is 0.261 e. The molecule has 1 aromatic carbocycles. The van der Waals surface area contributed by atoms with Gasteiger partial charge in [-0.1, -0.05) is 44.2 Å².